The van der Waals surface area contributed by atoms with Crippen LogP contribution in [0.3, 0.4) is 0 Å². The summed E-state index contributed by atoms with van der Waals surface area (Å²) in [4.78, 5) is 23.3. The first-order valence-corrected chi connectivity index (χ1v) is 9.60. The van der Waals surface area contributed by atoms with Crippen LogP contribution in [0.1, 0.15) is 22.4 Å². The van der Waals surface area contributed by atoms with Crippen LogP contribution in [0.4, 0.5) is 0 Å². The molecule has 7 nitrogen and oxygen atoms in total. The number of carbonyl (C=O) groups is 1. The minimum atomic E-state index is -0.00716. The van der Waals surface area contributed by atoms with Crippen molar-refractivity contribution in [3.05, 3.63) is 83.4 Å². The van der Waals surface area contributed by atoms with Crippen molar-refractivity contribution in [2.45, 2.75) is 13.0 Å². The molecule has 0 unspecified atom stereocenters. The maximum absolute atomic E-state index is 12.7. The minimum Gasteiger partial charge on any atom is -0.496 e. The molecule has 2 heterocycles. The smallest absolute Gasteiger partial charge is 0.230 e. The zero-order valence-electron chi connectivity index (χ0n) is 16.7. The second-order valence-corrected chi connectivity index (χ2v) is 7.06. The predicted octanol–water partition coefficient (Wildman–Crippen LogP) is 2.64. The third-order valence-electron chi connectivity index (χ3n) is 5.01. The van der Waals surface area contributed by atoms with Gasteiger partial charge in [0.1, 0.15) is 12.4 Å². The van der Waals surface area contributed by atoms with Crippen molar-refractivity contribution in [2.75, 3.05) is 20.3 Å². The van der Waals surface area contributed by atoms with Gasteiger partial charge in [0.15, 0.2) is 0 Å². The zero-order valence-corrected chi connectivity index (χ0v) is 16.7. The number of nitrogens with zero attached hydrogens (tertiary/aromatic N) is 5. The van der Waals surface area contributed by atoms with Gasteiger partial charge in [-0.05, 0) is 29.8 Å². The van der Waals surface area contributed by atoms with E-state index < -0.39 is 0 Å². The van der Waals surface area contributed by atoms with Gasteiger partial charge in [0.25, 0.3) is 0 Å². The molecule has 0 N–H and O–H groups in total. The quantitative estimate of drug-likeness (QED) is 0.638. The van der Waals surface area contributed by atoms with Gasteiger partial charge in [0, 0.05) is 18.3 Å². The molecule has 0 aliphatic carbocycles. The Morgan fingerprint density at radius 2 is 2.00 bits per heavy atom. The van der Waals surface area contributed by atoms with Gasteiger partial charge in [-0.2, -0.15) is 5.26 Å². The second-order valence-electron chi connectivity index (χ2n) is 7.06. The van der Waals surface area contributed by atoms with E-state index in [2.05, 4.69) is 16.0 Å². The number of carbonyl (C=O) groups excluding carboxylic acids is 1. The van der Waals surface area contributed by atoms with Crippen molar-refractivity contribution < 1.29 is 9.53 Å². The number of ether oxygens (including phenoxy) is 1. The topological polar surface area (TPSA) is 83.5 Å². The van der Waals surface area contributed by atoms with E-state index in [1.54, 1.807) is 30.5 Å². The fourth-order valence-corrected chi connectivity index (χ4v) is 3.42. The molecule has 0 bridgehead atoms. The number of amides is 1. The molecule has 0 radical (unpaired) electrons. The highest BCUT2D eigenvalue weighted by Gasteiger charge is 2.24. The number of aliphatic imine (C=N–C) groups is 1. The highest BCUT2D eigenvalue weighted by atomic mass is 16.5. The molecule has 150 valence electrons. The SMILES string of the molecule is COc1ccccc1C1=NCN(C(=O)Cc2cn(Cc3ccc(C#N)cc3)cn2)C1. The van der Waals surface area contributed by atoms with Crippen LogP contribution < -0.4 is 4.74 Å². The molecule has 1 amide bonds. The summed E-state index contributed by atoms with van der Waals surface area (Å²) in [6.45, 7) is 1.45. The lowest BCUT2D eigenvalue weighted by Gasteiger charge is -2.14. The van der Waals surface area contributed by atoms with E-state index in [0.717, 1.165) is 28.3 Å². The number of benzene rings is 2. The molecule has 0 saturated heterocycles. The largest absolute Gasteiger partial charge is 0.496 e. The molecule has 3 aromatic rings. The molecular formula is C23H21N5O2. The Morgan fingerprint density at radius 3 is 2.77 bits per heavy atom. The van der Waals surface area contributed by atoms with Gasteiger partial charge in [-0.25, -0.2) is 4.98 Å². The molecule has 0 fully saturated rings. The molecule has 1 aliphatic heterocycles. The summed E-state index contributed by atoms with van der Waals surface area (Å²) >= 11 is 0. The van der Waals surface area contributed by atoms with Crippen molar-refractivity contribution in [3.63, 3.8) is 0 Å². The highest BCUT2D eigenvalue weighted by Crippen LogP contribution is 2.21. The average molecular weight is 399 g/mol. The lowest BCUT2D eigenvalue weighted by molar-refractivity contribution is -0.129. The van der Waals surface area contributed by atoms with E-state index in [9.17, 15) is 4.79 Å². The summed E-state index contributed by atoms with van der Waals surface area (Å²) in [5, 5.41) is 8.89. The van der Waals surface area contributed by atoms with Gasteiger partial charge >= 0.3 is 0 Å². The van der Waals surface area contributed by atoms with Crippen molar-refractivity contribution in [3.8, 4) is 11.8 Å². The number of para-hydroxylation sites is 1. The van der Waals surface area contributed by atoms with Crippen molar-refractivity contribution in [1.29, 1.82) is 5.26 Å². The Morgan fingerprint density at radius 1 is 1.20 bits per heavy atom. The van der Waals surface area contributed by atoms with Gasteiger partial charge in [0.2, 0.25) is 5.91 Å². The van der Waals surface area contributed by atoms with E-state index in [-0.39, 0.29) is 12.3 Å². The molecule has 2 aromatic carbocycles. The van der Waals surface area contributed by atoms with E-state index in [1.807, 2.05) is 47.2 Å². The lowest BCUT2D eigenvalue weighted by Crippen LogP contribution is -2.32. The third-order valence-corrected chi connectivity index (χ3v) is 5.01. The molecule has 4 rings (SSSR count). The van der Waals surface area contributed by atoms with Crippen LogP contribution in [0.2, 0.25) is 0 Å². The first-order chi connectivity index (χ1) is 14.7. The van der Waals surface area contributed by atoms with E-state index in [1.165, 1.54) is 0 Å². The van der Waals surface area contributed by atoms with E-state index in [0.29, 0.717) is 25.3 Å². The average Bonchev–Trinajstić information content (AvgIpc) is 3.44. The fourth-order valence-electron chi connectivity index (χ4n) is 3.42. The van der Waals surface area contributed by atoms with Crippen molar-refractivity contribution in [2.24, 2.45) is 4.99 Å². The van der Waals surface area contributed by atoms with Crippen LogP contribution in [0.5, 0.6) is 5.75 Å². The van der Waals surface area contributed by atoms with E-state index >= 15 is 0 Å². The molecule has 7 heteroatoms. The fraction of sp³-hybridized carbons (Fsp3) is 0.217. The lowest BCUT2D eigenvalue weighted by atomic mass is 10.1. The van der Waals surface area contributed by atoms with Crippen LogP contribution >= 0.6 is 0 Å². The van der Waals surface area contributed by atoms with Crippen LogP contribution in [0, 0.1) is 11.3 Å². The third kappa shape index (κ3) is 4.23. The molecule has 30 heavy (non-hydrogen) atoms. The molecule has 1 aromatic heterocycles. The van der Waals surface area contributed by atoms with Gasteiger partial charge < -0.3 is 14.2 Å². The maximum atomic E-state index is 12.7. The van der Waals surface area contributed by atoms with Crippen LogP contribution in [0.15, 0.2) is 66.0 Å². The van der Waals surface area contributed by atoms with Gasteiger partial charge in [-0.15, -0.1) is 0 Å². The number of methoxy groups -OCH3 is 1. The number of nitriles is 1. The first-order valence-electron chi connectivity index (χ1n) is 9.60. The number of rotatable bonds is 6. The van der Waals surface area contributed by atoms with Crippen LogP contribution in [0.25, 0.3) is 0 Å². The Hall–Kier alpha value is -3.92. The van der Waals surface area contributed by atoms with Gasteiger partial charge in [-0.1, -0.05) is 24.3 Å². The summed E-state index contributed by atoms with van der Waals surface area (Å²) < 4.78 is 7.34. The van der Waals surface area contributed by atoms with Gasteiger partial charge in [-0.3, -0.25) is 9.79 Å². The summed E-state index contributed by atoms with van der Waals surface area (Å²) in [6.07, 6.45) is 3.84. The van der Waals surface area contributed by atoms with Crippen molar-refractivity contribution >= 4 is 11.6 Å². The predicted molar refractivity (Wildman–Crippen MR) is 112 cm³/mol. The number of hydrogen-bond donors (Lipinski definition) is 0. The number of hydrogen-bond acceptors (Lipinski definition) is 5. The molecule has 0 saturated carbocycles. The zero-order chi connectivity index (χ0) is 20.9. The minimum absolute atomic E-state index is 0.00716. The Bertz CT molecular complexity index is 1120. The van der Waals surface area contributed by atoms with E-state index in [4.69, 9.17) is 10.00 Å². The Kier molecular flexibility index (Phi) is 5.57. The normalized spacial score (nSPS) is 13.1. The highest BCUT2D eigenvalue weighted by molar-refractivity contribution is 6.06. The maximum Gasteiger partial charge on any atom is 0.230 e. The monoisotopic (exact) mass is 399 g/mol. The summed E-state index contributed by atoms with van der Waals surface area (Å²) in [5.41, 5.74) is 4.20. The Balaban J connectivity index is 1.35. The van der Waals surface area contributed by atoms with Crippen molar-refractivity contribution in [1.82, 2.24) is 14.5 Å². The number of imidazole rings is 1. The molecule has 1 aliphatic rings. The second kappa shape index (κ2) is 8.62. The molecule has 0 atom stereocenters. The Labute approximate surface area is 174 Å². The summed E-state index contributed by atoms with van der Waals surface area (Å²) in [5.74, 6) is 0.749. The van der Waals surface area contributed by atoms with Crippen LogP contribution in [-0.2, 0) is 17.8 Å². The molecular weight excluding hydrogens is 378 g/mol. The first kappa shape index (κ1) is 19.4. The van der Waals surface area contributed by atoms with Gasteiger partial charge in [0.05, 0.1) is 49.4 Å². The van der Waals surface area contributed by atoms with Crippen LogP contribution in [-0.4, -0.2) is 46.4 Å². The standard InChI is InChI=1S/C23H21N5O2/c1-30-22-5-3-2-4-20(22)21-14-28(16-26-21)23(29)10-19-13-27(15-25-19)12-18-8-6-17(11-24)7-9-18/h2-9,13,15H,10,12,14,16H2,1H3. The number of aromatic nitrogens is 2. The summed E-state index contributed by atoms with van der Waals surface area (Å²) in [6, 6.07) is 17.2. The molecule has 0 spiro atoms. The summed E-state index contributed by atoms with van der Waals surface area (Å²) in [7, 11) is 1.63.